The third-order valence-corrected chi connectivity index (χ3v) is 3.62. The molecule has 19 heavy (non-hydrogen) atoms. The van der Waals surface area contributed by atoms with Crippen LogP contribution < -0.4 is 10.2 Å². The molecule has 1 aromatic heterocycles. The molecule has 2 aliphatic heterocycles. The summed E-state index contributed by atoms with van der Waals surface area (Å²) in [4.78, 5) is 26.2. The van der Waals surface area contributed by atoms with Crippen LogP contribution in [0.1, 0.15) is 32.6 Å². The zero-order valence-electron chi connectivity index (χ0n) is 10.1. The van der Waals surface area contributed by atoms with Gasteiger partial charge in [-0.05, 0) is 6.07 Å². The van der Waals surface area contributed by atoms with Crippen LogP contribution in [0.5, 0.6) is 0 Å². The van der Waals surface area contributed by atoms with Crippen molar-refractivity contribution in [1.82, 2.24) is 15.1 Å². The summed E-state index contributed by atoms with van der Waals surface area (Å²) in [5.74, 6) is -0.310. The van der Waals surface area contributed by atoms with E-state index in [2.05, 4.69) is 10.4 Å². The maximum Gasteiger partial charge on any atom is 0.273 e. The number of nitrogens with one attached hydrogen (secondary N) is 1. The van der Waals surface area contributed by atoms with Crippen LogP contribution in [0.4, 0.5) is 5.69 Å². The Hall–Kier alpha value is -2.63. The van der Waals surface area contributed by atoms with Crippen LogP contribution in [0.25, 0.3) is 0 Å². The minimum Gasteiger partial charge on any atom is -0.326 e. The number of hydrogen-bond donors (Lipinski definition) is 1. The van der Waals surface area contributed by atoms with Gasteiger partial charge < -0.3 is 5.32 Å². The molecule has 1 N–H and O–H groups in total. The van der Waals surface area contributed by atoms with E-state index in [1.165, 1.54) is 4.68 Å². The van der Waals surface area contributed by atoms with Crippen molar-refractivity contribution in [2.75, 3.05) is 4.90 Å². The largest absolute Gasteiger partial charge is 0.326 e. The molecular weight excluding hydrogens is 244 g/mol. The number of benzene rings is 1. The van der Waals surface area contributed by atoms with Crippen LogP contribution in [-0.4, -0.2) is 21.6 Å². The molecule has 0 unspecified atom stereocenters. The maximum absolute atomic E-state index is 12.4. The summed E-state index contributed by atoms with van der Waals surface area (Å²) < 4.78 is 1.48. The lowest BCUT2D eigenvalue weighted by Gasteiger charge is -2.30. The van der Waals surface area contributed by atoms with Crippen molar-refractivity contribution in [1.29, 1.82) is 0 Å². The molecule has 2 aliphatic rings. The van der Waals surface area contributed by atoms with Crippen LogP contribution in [0.2, 0.25) is 0 Å². The molecular formula is C13H10N4O2. The number of anilines is 1. The van der Waals surface area contributed by atoms with Crippen LogP contribution >= 0.6 is 0 Å². The average Bonchev–Trinajstić information content (AvgIpc) is 2.92. The van der Waals surface area contributed by atoms with Crippen molar-refractivity contribution in [3.63, 3.8) is 0 Å². The fraction of sp³-hybridized carbons (Fsp3) is 0.154. The van der Waals surface area contributed by atoms with Gasteiger partial charge in [-0.15, -0.1) is 0 Å². The van der Waals surface area contributed by atoms with Gasteiger partial charge in [0.25, 0.3) is 11.8 Å². The first-order valence-electron chi connectivity index (χ1n) is 5.94. The van der Waals surface area contributed by atoms with E-state index in [1.54, 1.807) is 24.2 Å². The molecule has 0 saturated carbocycles. The molecule has 1 aromatic carbocycles. The number of rotatable bonds is 0. The number of nitrogens with zero attached hydrogens (tertiary/aromatic N) is 3. The maximum atomic E-state index is 12.4. The molecule has 2 amide bonds. The molecule has 3 heterocycles. The van der Waals surface area contributed by atoms with Crippen molar-refractivity contribution in [3.8, 4) is 0 Å². The Labute approximate surface area is 108 Å². The van der Waals surface area contributed by atoms with Gasteiger partial charge in [0.1, 0.15) is 11.9 Å². The minimum absolute atomic E-state index is 0.102. The molecule has 6 heteroatoms. The number of hydrogen-bond acceptors (Lipinski definition) is 3. The molecule has 4 rings (SSSR count). The van der Waals surface area contributed by atoms with Crippen LogP contribution in [-0.2, 0) is 7.05 Å². The predicted molar refractivity (Wildman–Crippen MR) is 66.7 cm³/mol. The van der Waals surface area contributed by atoms with Gasteiger partial charge in [-0.3, -0.25) is 19.2 Å². The van der Waals surface area contributed by atoms with Gasteiger partial charge in [0.05, 0.1) is 11.9 Å². The van der Waals surface area contributed by atoms with Gasteiger partial charge in [0.2, 0.25) is 0 Å². The second kappa shape index (κ2) is 3.23. The van der Waals surface area contributed by atoms with Crippen molar-refractivity contribution in [2.45, 2.75) is 6.17 Å². The lowest BCUT2D eigenvalue weighted by Crippen LogP contribution is -2.45. The number of amides is 2. The van der Waals surface area contributed by atoms with E-state index in [1.807, 2.05) is 18.2 Å². The molecule has 0 fully saturated rings. The fourth-order valence-electron chi connectivity index (χ4n) is 2.77. The summed E-state index contributed by atoms with van der Waals surface area (Å²) in [6.45, 7) is 0. The lowest BCUT2D eigenvalue weighted by molar-refractivity contribution is 0.0904. The van der Waals surface area contributed by atoms with Crippen LogP contribution in [0, 0.1) is 0 Å². The molecule has 0 radical (unpaired) electrons. The molecule has 0 saturated heterocycles. The Morgan fingerprint density at radius 1 is 1.26 bits per heavy atom. The van der Waals surface area contributed by atoms with Gasteiger partial charge in [0, 0.05) is 18.2 Å². The zero-order chi connectivity index (χ0) is 13.1. The van der Waals surface area contributed by atoms with E-state index in [0.29, 0.717) is 16.9 Å². The normalized spacial score (nSPS) is 19.8. The highest BCUT2D eigenvalue weighted by atomic mass is 16.2. The summed E-state index contributed by atoms with van der Waals surface area (Å²) in [6, 6.07) is 7.32. The molecule has 0 spiro atoms. The highest BCUT2D eigenvalue weighted by Crippen LogP contribution is 2.40. The third kappa shape index (κ3) is 1.13. The number of carbonyl (C=O) groups excluding carboxylic acids is 2. The number of carbonyl (C=O) groups is 2. The quantitative estimate of drug-likeness (QED) is 0.757. The first-order chi connectivity index (χ1) is 9.18. The van der Waals surface area contributed by atoms with Crippen molar-refractivity contribution in [2.24, 2.45) is 7.05 Å². The summed E-state index contributed by atoms with van der Waals surface area (Å²) >= 11 is 0. The minimum atomic E-state index is -0.423. The summed E-state index contributed by atoms with van der Waals surface area (Å²) in [5.41, 5.74) is 2.44. The predicted octanol–water partition coefficient (Wildman–Crippen LogP) is 0.823. The average molecular weight is 254 g/mol. The SMILES string of the molecule is Cn1ncc2c1C(=O)N[C@H]1c3ccccc3C(=O)N21. The van der Waals surface area contributed by atoms with E-state index >= 15 is 0 Å². The number of aromatic nitrogens is 2. The van der Waals surface area contributed by atoms with E-state index in [0.717, 1.165) is 5.56 Å². The van der Waals surface area contributed by atoms with Gasteiger partial charge in [-0.2, -0.15) is 5.10 Å². The van der Waals surface area contributed by atoms with Gasteiger partial charge >= 0.3 is 0 Å². The van der Waals surface area contributed by atoms with Crippen LogP contribution in [0.15, 0.2) is 30.5 Å². The Morgan fingerprint density at radius 3 is 2.89 bits per heavy atom. The van der Waals surface area contributed by atoms with Crippen LogP contribution in [0.3, 0.4) is 0 Å². The van der Waals surface area contributed by atoms with Crippen molar-refractivity contribution >= 4 is 17.5 Å². The smallest absolute Gasteiger partial charge is 0.273 e. The van der Waals surface area contributed by atoms with Crippen molar-refractivity contribution < 1.29 is 9.59 Å². The van der Waals surface area contributed by atoms with Gasteiger partial charge in [-0.1, -0.05) is 18.2 Å². The highest BCUT2D eigenvalue weighted by molar-refractivity contribution is 6.16. The zero-order valence-corrected chi connectivity index (χ0v) is 10.1. The fourth-order valence-corrected chi connectivity index (χ4v) is 2.77. The van der Waals surface area contributed by atoms with Crippen molar-refractivity contribution in [3.05, 3.63) is 47.3 Å². The first-order valence-corrected chi connectivity index (χ1v) is 5.94. The number of aryl methyl sites for hydroxylation is 1. The monoisotopic (exact) mass is 254 g/mol. The summed E-state index contributed by atoms with van der Waals surface area (Å²) in [5, 5.41) is 6.92. The molecule has 6 nitrogen and oxygen atoms in total. The molecule has 2 aromatic rings. The second-order valence-corrected chi connectivity index (χ2v) is 4.64. The number of fused-ring (bicyclic) bond motifs is 5. The molecule has 0 bridgehead atoms. The van der Waals surface area contributed by atoms with Gasteiger partial charge in [0.15, 0.2) is 0 Å². The van der Waals surface area contributed by atoms with Gasteiger partial charge in [-0.25, -0.2) is 0 Å². The van der Waals surface area contributed by atoms with E-state index in [-0.39, 0.29) is 11.8 Å². The summed E-state index contributed by atoms with van der Waals surface area (Å²) in [6.07, 6.45) is 1.14. The molecule has 94 valence electrons. The third-order valence-electron chi connectivity index (χ3n) is 3.62. The topological polar surface area (TPSA) is 67.2 Å². The Balaban J connectivity index is 1.97. The first kappa shape index (κ1) is 10.3. The summed E-state index contributed by atoms with van der Waals surface area (Å²) in [7, 11) is 1.69. The van der Waals surface area contributed by atoms with E-state index in [4.69, 9.17) is 0 Å². The lowest BCUT2D eigenvalue weighted by atomic mass is 10.1. The molecule has 0 aliphatic carbocycles. The van der Waals surface area contributed by atoms with E-state index < -0.39 is 6.17 Å². The second-order valence-electron chi connectivity index (χ2n) is 4.64. The highest BCUT2D eigenvalue weighted by Gasteiger charge is 2.44. The Bertz CT molecular complexity index is 734. The Morgan fingerprint density at radius 2 is 2.05 bits per heavy atom. The van der Waals surface area contributed by atoms with E-state index in [9.17, 15) is 9.59 Å². The molecule has 1 atom stereocenters. The Kier molecular flexibility index (Phi) is 1.75. The standard InChI is InChI=1S/C13H10N4O2/c1-16-10-9(6-14-16)17-11(15-12(10)18)7-4-2-3-5-8(7)13(17)19/h2-6,11H,1H3,(H,15,18)/t11-/m1/s1.